The summed E-state index contributed by atoms with van der Waals surface area (Å²) < 4.78 is 5.50. The van der Waals surface area contributed by atoms with E-state index in [4.69, 9.17) is 4.74 Å². The van der Waals surface area contributed by atoms with E-state index in [0.717, 1.165) is 27.8 Å². The van der Waals surface area contributed by atoms with E-state index >= 15 is 0 Å². The van der Waals surface area contributed by atoms with Crippen LogP contribution in [0.25, 0.3) is 11.1 Å². The zero-order valence-corrected chi connectivity index (χ0v) is 16.9. The lowest BCUT2D eigenvalue weighted by atomic mass is 10.1. The van der Waals surface area contributed by atoms with Gasteiger partial charge < -0.3 is 4.74 Å². The highest BCUT2D eigenvalue weighted by molar-refractivity contribution is 7.12. The molecule has 2 N–H and O–H groups in total. The van der Waals surface area contributed by atoms with E-state index in [0.29, 0.717) is 10.6 Å². The summed E-state index contributed by atoms with van der Waals surface area (Å²) >= 11 is 1.33. The van der Waals surface area contributed by atoms with Crippen LogP contribution in [-0.2, 0) is 4.79 Å². The van der Waals surface area contributed by atoms with Crippen LogP contribution in [-0.4, -0.2) is 18.4 Å². The summed E-state index contributed by atoms with van der Waals surface area (Å²) in [6, 6.07) is 15.6. The zero-order chi connectivity index (χ0) is 20.1. The van der Waals surface area contributed by atoms with Crippen molar-refractivity contribution in [2.75, 3.05) is 6.61 Å². The van der Waals surface area contributed by atoms with E-state index < -0.39 is 5.91 Å². The topological polar surface area (TPSA) is 67.4 Å². The first-order valence-corrected chi connectivity index (χ1v) is 9.75. The van der Waals surface area contributed by atoms with Gasteiger partial charge in [0, 0.05) is 5.56 Å². The smallest absolute Gasteiger partial charge is 0.280 e. The van der Waals surface area contributed by atoms with Gasteiger partial charge in [-0.3, -0.25) is 20.4 Å². The Morgan fingerprint density at radius 3 is 2.25 bits per heavy atom. The molecule has 2 aromatic carbocycles. The van der Waals surface area contributed by atoms with Gasteiger partial charge in [0.2, 0.25) is 0 Å². The third-order valence-electron chi connectivity index (χ3n) is 4.11. The van der Waals surface area contributed by atoms with Crippen molar-refractivity contribution in [3.63, 3.8) is 0 Å². The molecule has 1 aromatic heterocycles. The number of benzene rings is 2. The Bertz CT molecular complexity index is 973. The van der Waals surface area contributed by atoms with E-state index in [-0.39, 0.29) is 12.5 Å². The highest BCUT2D eigenvalue weighted by Crippen LogP contribution is 2.28. The molecule has 0 saturated carbocycles. The van der Waals surface area contributed by atoms with Gasteiger partial charge in [0.25, 0.3) is 11.8 Å². The van der Waals surface area contributed by atoms with Crippen LogP contribution in [0.2, 0.25) is 0 Å². The molecule has 28 heavy (non-hydrogen) atoms. The number of rotatable bonds is 5. The van der Waals surface area contributed by atoms with Crippen molar-refractivity contribution >= 4 is 23.2 Å². The molecule has 3 rings (SSSR count). The largest absolute Gasteiger partial charge is 0.484 e. The van der Waals surface area contributed by atoms with Crippen molar-refractivity contribution in [2.45, 2.75) is 20.8 Å². The van der Waals surface area contributed by atoms with E-state index in [9.17, 15) is 9.59 Å². The third kappa shape index (κ3) is 4.98. The van der Waals surface area contributed by atoms with Gasteiger partial charge in [-0.1, -0.05) is 35.9 Å². The number of carbonyl (C=O) groups is 2. The van der Waals surface area contributed by atoms with Crippen molar-refractivity contribution in [3.8, 4) is 16.9 Å². The third-order valence-corrected chi connectivity index (χ3v) is 5.03. The second kappa shape index (κ2) is 8.71. The lowest BCUT2D eigenvalue weighted by Gasteiger charge is -2.10. The molecule has 0 fully saturated rings. The van der Waals surface area contributed by atoms with Crippen LogP contribution in [0, 0.1) is 20.8 Å². The summed E-state index contributed by atoms with van der Waals surface area (Å²) in [7, 11) is 0. The van der Waals surface area contributed by atoms with E-state index in [1.54, 1.807) is 0 Å². The van der Waals surface area contributed by atoms with Crippen molar-refractivity contribution in [1.29, 1.82) is 0 Å². The van der Waals surface area contributed by atoms with Crippen molar-refractivity contribution in [2.24, 2.45) is 0 Å². The lowest BCUT2D eigenvalue weighted by molar-refractivity contribution is -0.123. The van der Waals surface area contributed by atoms with Crippen molar-refractivity contribution in [3.05, 3.63) is 75.5 Å². The molecule has 0 aliphatic carbocycles. The predicted molar refractivity (Wildman–Crippen MR) is 112 cm³/mol. The van der Waals surface area contributed by atoms with E-state index in [2.05, 4.69) is 10.9 Å². The van der Waals surface area contributed by atoms with Gasteiger partial charge in [-0.25, -0.2) is 0 Å². The fraction of sp³-hybridized carbons (Fsp3) is 0.182. The Morgan fingerprint density at radius 2 is 1.57 bits per heavy atom. The highest BCUT2D eigenvalue weighted by atomic mass is 32.1. The van der Waals surface area contributed by atoms with Crippen LogP contribution < -0.4 is 15.6 Å². The molecule has 1 heterocycles. The minimum absolute atomic E-state index is 0.182. The number of hydrogen-bond donors (Lipinski definition) is 2. The molecule has 2 amide bonds. The van der Waals surface area contributed by atoms with Gasteiger partial charge in [-0.2, -0.15) is 0 Å². The van der Waals surface area contributed by atoms with Crippen LogP contribution in [0.1, 0.15) is 26.4 Å². The van der Waals surface area contributed by atoms with Crippen molar-refractivity contribution in [1.82, 2.24) is 10.9 Å². The Labute approximate surface area is 168 Å². The standard InChI is InChI=1S/C22H22N2O3S/c1-14-4-6-17(7-5-14)19-8-9-28-21(19)22(26)24-23-20(25)13-27-18-11-15(2)10-16(3)12-18/h4-12H,13H2,1-3H3,(H,23,25)(H,24,26). The van der Waals surface area contributed by atoms with Crippen LogP contribution >= 0.6 is 11.3 Å². The molecule has 0 bridgehead atoms. The lowest BCUT2D eigenvalue weighted by Crippen LogP contribution is -2.43. The molecule has 0 atom stereocenters. The normalized spacial score (nSPS) is 10.4. The molecule has 144 valence electrons. The summed E-state index contributed by atoms with van der Waals surface area (Å²) in [6.45, 7) is 5.76. The maximum atomic E-state index is 12.5. The summed E-state index contributed by atoms with van der Waals surface area (Å²) in [5.74, 6) is -0.162. The molecule has 6 heteroatoms. The number of hydrazine groups is 1. The van der Waals surface area contributed by atoms with Crippen LogP contribution in [0.5, 0.6) is 5.75 Å². The summed E-state index contributed by atoms with van der Waals surface area (Å²) in [6.07, 6.45) is 0. The average molecular weight is 394 g/mol. The summed E-state index contributed by atoms with van der Waals surface area (Å²) in [5.41, 5.74) is 9.93. The molecule has 0 unspecified atom stereocenters. The summed E-state index contributed by atoms with van der Waals surface area (Å²) in [5, 5.41) is 1.86. The monoisotopic (exact) mass is 394 g/mol. The Balaban J connectivity index is 1.56. The second-order valence-electron chi connectivity index (χ2n) is 6.64. The first kappa shape index (κ1) is 19.6. The first-order valence-electron chi connectivity index (χ1n) is 8.87. The van der Waals surface area contributed by atoms with E-state index in [1.165, 1.54) is 11.3 Å². The molecule has 3 aromatic rings. The Kier molecular flexibility index (Phi) is 6.11. The average Bonchev–Trinajstić information content (AvgIpc) is 3.14. The van der Waals surface area contributed by atoms with Gasteiger partial charge in [0.15, 0.2) is 6.61 Å². The Morgan fingerprint density at radius 1 is 0.893 bits per heavy atom. The molecule has 0 saturated heterocycles. The van der Waals surface area contributed by atoms with Gasteiger partial charge >= 0.3 is 0 Å². The van der Waals surface area contributed by atoms with Crippen molar-refractivity contribution < 1.29 is 14.3 Å². The van der Waals surface area contributed by atoms with Crippen LogP contribution in [0.4, 0.5) is 0 Å². The van der Waals surface area contributed by atoms with Gasteiger partial charge in [0.05, 0.1) is 0 Å². The molecule has 0 spiro atoms. The molecule has 0 aliphatic rings. The number of nitrogens with one attached hydrogen (secondary N) is 2. The number of carbonyl (C=O) groups excluding carboxylic acids is 2. The predicted octanol–water partition coefficient (Wildman–Crippen LogP) is 4.18. The van der Waals surface area contributed by atoms with Crippen LogP contribution in [0.15, 0.2) is 53.9 Å². The fourth-order valence-electron chi connectivity index (χ4n) is 2.83. The SMILES string of the molecule is Cc1ccc(-c2ccsc2C(=O)NNC(=O)COc2cc(C)cc(C)c2)cc1. The molecule has 0 aliphatic heterocycles. The maximum Gasteiger partial charge on any atom is 0.280 e. The fourth-order valence-corrected chi connectivity index (χ4v) is 3.64. The quantitative estimate of drug-likeness (QED) is 0.638. The minimum atomic E-state index is -0.430. The number of thiophene rings is 1. The van der Waals surface area contributed by atoms with E-state index in [1.807, 2.05) is 74.7 Å². The summed E-state index contributed by atoms with van der Waals surface area (Å²) in [4.78, 5) is 25.0. The van der Waals surface area contributed by atoms with Crippen LogP contribution in [0.3, 0.4) is 0 Å². The molecule has 0 radical (unpaired) electrons. The molecular formula is C22H22N2O3S. The number of amides is 2. The second-order valence-corrected chi connectivity index (χ2v) is 7.56. The molecule has 5 nitrogen and oxygen atoms in total. The first-order chi connectivity index (χ1) is 13.4. The van der Waals surface area contributed by atoms with Gasteiger partial charge in [0.1, 0.15) is 10.6 Å². The number of aryl methyl sites for hydroxylation is 3. The van der Waals surface area contributed by atoms with Gasteiger partial charge in [-0.15, -0.1) is 11.3 Å². The maximum absolute atomic E-state index is 12.5. The van der Waals surface area contributed by atoms with Gasteiger partial charge in [-0.05, 0) is 61.0 Å². The molecular weight excluding hydrogens is 372 g/mol. The number of hydrogen-bond acceptors (Lipinski definition) is 4. The highest BCUT2D eigenvalue weighted by Gasteiger charge is 2.15. The number of ether oxygens (including phenoxy) is 1. The zero-order valence-electron chi connectivity index (χ0n) is 16.0. The minimum Gasteiger partial charge on any atom is -0.484 e. The Hall–Kier alpha value is -3.12.